The summed E-state index contributed by atoms with van der Waals surface area (Å²) in [6.07, 6.45) is 8.64. The van der Waals surface area contributed by atoms with Crippen LogP contribution in [0.25, 0.3) is 17.0 Å². The second-order valence-corrected chi connectivity index (χ2v) is 10.4. The monoisotopic (exact) mass is 580 g/mol. The van der Waals surface area contributed by atoms with Gasteiger partial charge in [-0.1, -0.05) is 80.4 Å². The van der Waals surface area contributed by atoms with Gasteiger partial charge in [0.05, 0.1) is 18.3 Å². The molecule has 42 heavy (non-hydrogen) atoms. The molecule has 0 radical (unpaired) electrons. The quantitative estimate of drug-likeness (QED) is 0.183. The van der Waals surface area contributed by atoms with Gasteiger partial charge in [-0.25, -0.2) is 0 Å². The van der Waals surface area contributed by atoms with E-state index in [-0.39, 0.29) is 6.04 Å². The van der Waals surface area contributed by atoms with E-state index in [1.807, 2.05) is 79.4 Å². The van der Waals surface area contributed by atoms with E-state index < -0.39 is 6.17 Å². The summed E-state index contributed by atoms with van der Waals surface area (Å²) >= 11 is 6.45. The number of aromatic nitrogens is 2. The molecule has 1 aliphatic heterocycles. The maximum atomic E-state index is 6.59. The van der Waals surface area contributed by atoms with Crippen LogP contribution in [-0.2, 0) is 6.42 Å². The Hall–Kier alpha value is -4.46. The Morgan fingerprint density at radius 1 is 1.21 bits per heavy atom. The highest BCUT2D eigenvalue weighted by atomic mass is 35.5. The van der Waals surface area contributed by atoms with E-state index in [0.717, 1.165) is 40.2 Å². The van der Waals surface area contributed by atoms with Gasteiger partial charge in [0, 0.05) is 39.7 Å². The Kier molecular flexibility index (Phi) is 10.1. The van der Waals surface area contributed by atoms with Gasteiger partial charge >= 0.3 is 0 Å². The lowest BCUT2D eigenvalue weighted by molar-refractivity contribution is 0.543. The summed E-state index contributed by atoms with van der Waals surface area (Å²) in [7, 11) is 0. The van der Waals surface area contributed by atoms with Crippen LogP contribution in [0.15, 0.2) is 126 Å². The fraction of sp³-hybridized carbons (Fsp3) is 0.206. The molecule has 1 aromatic heterocycles. The van der Waals surface area contributed by atoms with E-state index in [2.05, 4.69) is 54.0 Å². The SMILES string of the molecule is C=CC(=CC/C=C\C)/C1=N/C(N)C(=C)N(CC(=C)NC(C)C(=C)c2nnc(-c3ccccc3)o2)c2ccc(Cl)cc2C1. The summed E-state index contributed by atoms with van der Waals surface area (Å²) < 4.78 is 5.90. The van der Waals surface area contributed by atoms with E-state index >= 15 is 0 Å². The molecule has 4 rings (SSSR count). The predicted octanol–water partition coefficient (Wildman–Crippen LogP) is 7.28. The van der Waals surface area contributed by atoms with Crippen LogP contribution in [0.1, 0.15) is 31.7 Å². The number of anilines is 1. The Labute approximate surface area is 253 Å². The normalized spacial score (nSPS) is 17.6. The maximum Gasteiger partial charge on any atom is 0.248 e. The van der Waals surface area contributed by atoms with Gasteiger partial charge in [0.2, 0.25) is 11.8 Å². The molecule has 3 aromatic rings. The van der Waals surface area contributed by atoms with Crippen LogP contribution in [0.3, 0.4) is 0 Å². The largest absolute Gasteiger partial charge is 0.416 e. The number of fused-ring (bicyclic) bond motifs is 1. The van der Waals surface area contributed by atoms with E-state index in [1.165, 1.54) is 0 Å². The van der Waals surface area contributed by atoms with Crippen molar-refractivity contribution >= 4 is 28.6 Å². The molecule has 0 saturated carbocycles. The summed E-state index contributed by atoms with van der Waals surface area (Å²) in [5.74, 6) is 0.803. The predicted molar refractivity (Wildman–Crippen MR) is 175 cm³/mol. The Bertz CT molecular complexity index is 1570. The lowest BCUT2D eigenvalue weighted by atomic mass is 9.97. The van der Waals surface area contributed by atoms with Crippen molar-refractivity contribution < 1.29 is 4.42 Å². The van der Waals surface area contributed by atoms with Crippen LogP contribution in [0.5, 0.6) is 0 Å². The first-order valence-electron chi connectivity index (χ1n) is 13.7. The van der Waals surface area contributed by atoms with Gasteiger partial charge in [-0.2, -0.15) is 0 Å². The highest BCUT2D eigenvalue weighted by Gasteiger charge is 2.25. The number of hydrogen-bond donors (Lipinski definition) is 2. The molecule has 2 heterocycles. The van der Waals surface area contributed by atoms with Crippen LogP contribution >= 0.6 is 11.6 Å². The molecule has 0 spiro atoms. The standard InChI is InChI=1S/C34H37ClN6O/c1-7-9-11-14-26(8-2)30-20-28-19-29(35)17-18-31(28)41(25(6)32(36)38-30)21-22(3)37-24(5)23(4)33-39-40-34(42-33)27-15-12-10-13-16-27/h7-10,12-19,24,32,37H,2-4,6,11,20-21,36H2,1,5H3/b9-7-,26-14?,38-30+. The third-order valence-electron chi connectivity index (χ3n) is 6.95. The number of allylic oxidation sites excluding steroid dienone is 5. The Balaban J connectivity index is 1.54. The molecule has 0 bridgehead atoms. The first kappa shape index (κ1) is 30.5. The van der Waals surface area contributed by atoms with Crippen molar-refractivity contribution in [1.29, 1.82) is 0 Å². The molecule has 0 saturated heterocycles. The van der Waals surface area contributed by atoms with Gasteiger partial charge in [0.1, 0.15) is 6.17 Å². The smallest absolute Gasteiger partial charge is 0.248 e. The van der Waals surface area contributed by atoms with Crippen molar-refractivity contribution in [1.82, 2.24) is 15.5 Å². The highest BCUT2D eigenvalue weighted by Crippen LogP contribution is 2.32. The molecule has 2 aromatic carbocycles. The summed E-state index contributed by atoms with van der Waals surface area (Å²) in [4.78, 5) is 6.89. The molecule has 0 aliphatic carbocycles. The number of benzene rings is 2. The number of nitrogens with zero attached hydrogens (tertiary/aromatic N) is 4. The Morgan fingerprint density at radius 2 is 1.98 bits per heavy atom. The van der Waals surface area contributed by atoms with Crippen LogP contribution in [-0.4, -0.2) is 34.7 Å². The summed E-state index contributed by atoms with van der Waals surface area (Å²) in [5.41, 5.74) is 13.1. The number of nitrogens with one attached hydrogen (secondary N) is 1. The molecule has 8 heteroatoms. The molecule has 7 nitrogen and oxygen atoms in total. The van der Waals surface area contributed by atoms with Crippen LogP contribution < -0.4 is 16.0 Å². The number of hydrogen-bond acceptors (Lipinski definition) is 7. The zero-order chi connectivity index (χ0) is 30.2. The first-order chi connectivity index (χ1) is 20.2. The van der Waals surface area contributed by atoms with Gasteiger partial charge in [0.15, 0.2) is 0 Å². The van der Waals surface area contributed by atoms with E-state index in [1.54, 1.807) is 0 Å². The molecule has 216 valence electrons. The molecule has 0 amide bonds. The highest BCUT2D eigenvalue weighted by molar-refractivity contribution is 6.30. The second-order valence-electron chi connectivity index (χ2n) is 9.99. The van der Waals surface area contributed by atoms with E-state index in [9.17, 15) is 0 Å². The van der Waals surface area contributed by atoms with Crippen LogP contribution in [0.4, 0.5) is 5.69 Å². The van der Waals surface area contributed by atoms with Crippen molar-refractivity contribution in [3.63, 3.8) is 0 Å². The lowest BCUT2D eigenvalue weighted by Crippen LogP contribution is -2.40. The van der Waals surface area contributed by atoms with E-state index in [4.69, 9.17) is 26.7 Å². The molecule has 1 aliphatic rings. The second kappa shape index (κ2) is 13.9. The van der Waals surface area contributed by atoms with Gasteiger partial charge in [-0.15, -0.1) is 10.2 Å². The summed E-state index contributed by atoms with van der Waals surface area (Å²) in [5, 5.41) is 12.4. The van der Waals surface area contributed by atoms with Gasteiger partial charge in [-0.3, -0.25) is 4.99 Å². The minimum absolute atomic E-state index is 0.231. The average Bonchev–Trinajstić information content (AvgIpc) is 3.48. The zero-order valence-electron chi connectivity index (χ0n) is 24.2. The fourth-order valence-electron chi connectivity index (χ4n) is 4.62. The topological polar surface area (TPSA) is 92.6 Å². The third kappa shape index (κ3) is 7.24. The minimum atomic E-state index is -0.663. The van der Waals surface area contributed by atoms with Crippen LogP contribution in [0.2, 0.25) is 5.02 Å². The van der Waals surface area contributed by atoms with Crippen LogP contribution in [0, 0.1) is 0 Å². The molecule has 2 unspecified atom stereocenters. The van der Waals surface area contributed by atoms with Gasteiger partial charge < -0.3 is 20.4 Å². The van der Waals surface area contributed by atoms with Gasteiger partial charge in [-0.05, 0) is 61.7 Å². The van der Waals surface area contributed by atoms with Crippen molar-refractivity contribution in [3.8, 4) is 11.5 Å². The van der Waals surface area contributed by atoms with Crippen molar-refractivity contribution in [2.45, 2.75) is 38.9 Å². The average molecular weight is 581 g/mol. The first-order valence-corrected chi connectivity index (χ1v) is 14.1. The number of rotatable bonds is 11. The molecule has 3 N–H and O–H groups in total. The number of aliphatic imine (C=N–C) groups is 1. The van der Waals surface area contributed by atoms with Crippen molar-refractivity contribution in [2.24, 2.45) is 10.7 Å². The molecular weight excluding hydrogens is 544 g/mol. The lowest BCUT2D eigenvalue weighted by Gasteiger charge is -2.34. The van der Waals surface area contributed by atoms with Gasteiger partial charge in [0.25, 0.3) is 0 Å². The molecule has 2 atom stereocenters. The minimum Gasteiger partial charge on any atom is -0.416 e. The summed E-state index contributed by atoms with van der Waals surface area (Å²) in [6, 6.07) is 15.2. The van der Waals surface area contributed by atoms with Crippen molar-refractivity contribution in [3.05, 3.63) is 133 Å². The molecule has 0 fully saturated rings. The Morgan fingerprint density at radius 3 is 2.69 bits per heavy atom. The number of nitrogens with two attached hydrogens (primary N) is 1. The maximum absolute atomic E-state index is 6.59. The summed E-state index contributed by atoms with van der Waals surface area (Å²) in [6.45, 7) is 21.2. The fourth-order valence-corrected chi connectivity index (χ4v) is 4.82. The number of halogens is 1. The zero-order valence-corrected chi connectivity index (χ0v) is 24.9. The van der Waals surface area contributed by atoms with E-state index in [0.29, 0.717) is 41.0 Å². The molecular formula is C34H37ClN6O. The third-order valence-corrected chi connectivity index (χ3v) is 7.18. The van der Waals surface area contributed by atoms with Crippen molar-refractivity contribution in [2.75, 3.05) is 11.4 Å².